The Morgan fingerprint density at radius 2 is 1.67 bits per heavy atom. The molecule has 1 amide bonds. The number of nitro groups is 1. The van der Waals surface area contributed by atoms with Crippen LogP contribution in [0.5, 0.6) is 0 Å². The summed E-state index contributed by atoms with van der Waals surface area (Å²) in [5.74, 6) is -0.0335. The first-order valence-corrected chi connectivity index (χ1v) is 15.7. The van der Waals surface area contributed by atoms with Crippen molar-refractivity contribution in [3.05, 3.63) is 75.6 Å². The number of nitro benzene ring substituents is 1. The molecule has 3 aromatic rings. The summed E-state index contributed by atoms with van der Waals surface area (Å²) in [6.45, 7) is 8.43. The van der Waals surface area contributed by atoms with Crippen molar-refractivity contribution < 1.29 is 9.72 Å². The van der Waals surface area contributed by atoms with Crippen molar-refractivity contribution in [1.29, 1.82) is 0 Å². The molecule has 0 unspecified atom stereocenters. The molecule has 43 heavy (non-hydrogen) atoms. The molecule has 1 aliphatic heterocycles. The second-order valence-corrected chi connectivity index (χ2v) is 13.4. The summed E-state index contributed by atoms with van der Waals surface area (Å²) in [4.78, 5) is 30.2. The van der Waals surface area contributed by atoms with Gasteiger partial charge in [-0.3, -0.25) is 19.6 Å². The third-order valence-corrected chi connectivity index (χ3v) is 9.04. The number of hydrogen-bond acceptors (Lipinski definition) is 6. The van der Waals surface area contributed by atoms with Crippen molar-refractivity contribution in [3.8, 4) is 11.1 Å². The summed E-state index contributed by atoms with van der Waals surface area (Å²) in [6, 6.07) is 15.8. The monoisotopic (exact) mass is 586 g/mol. The molecule has 0 atom stereocenters. The van der Waals surface area contributed by atoms with Gasteiger partial charge in [0, 0.05) is 50.2 Å². The molecular weight excluding hydrogens is 540 g/mol. The fourth-order valence-corrected chi connectivity index (χ4v) is 6.44. The Balaban J connectivity index is 1.44. The molecule has 2 heterocycles. The smallest absolute Gasteiger partial charge is 0.293 e. The minimum absolute atomic E-state index is 0.0335. The fraction of sp³-hybridized carbons (Fsp3) is 0.529. The van der Waals surface area contributed by atoms with Crippen LogP contribution < -0.4 is 10.6 Å². The molecule has 0 bridgehead atoms. The molecule has 1 saturated heterocycles. The lowest BCUT2D eigenvalue weighted by Crippen LogP contribution is -2.44. The van der Waals surface area contributed by atoms with E-state index in [2.05, 4.69) is 36.8 Å². The number of benzene rings is 2. The average Bonchev–Trinajstić information content (AvgIpc) is 3.19. The highest BCUT2D eigenvalue weighted by atomic mass is 16.6. The van der Waals surface area contributed by atoms with E-state index in [-0.39, 0.29) is 34.0 Å². The number of aromatic nitrogens is 2. The van der Waals surface area contributed by atoms with Crippen molar-refractivity contribution in [3.63, 3.8) is 0 Å². The summed E-state index contributed by atoms with van der Waals surface area (Å²) < 4.78 is 1.70. The van der Waals surface area contributed by atoms with E-state index in [4.69, 9.17) is 5.73 Å². The Labute approximate surface area is 255 Å². The predicted octanol–water partition coefficient (Wildman–Crippen LogP) is 6.59. The number of rotatable bonds is 7. The van der Waals surface area contributed by atoms with Gasteiger partial charge in [0.1, 0.15) is 11.4 Å². The molecule has 1 aliphatic carbocycles. The lowest BCUT2D eigenvalue weighted by molar-refractivity contribution is -0.384. The van der Waals surface area contributed by atoms with Gasteiger partial charge < -0.3 is 15.5 Å². The molecule has 2 fully saturated rings. The molecule has 0 radical (unpaired) electrons. The van der Waals surface area contributed by atoms with Crippen LogP contribution in [0.2, 0.25) is 0 Å². The molecule has 9 heteroatoms. The Hall–Kier alpha value is -3.72. The van der Waals surface area contributed by atoms with E-state index in [1.807, 2.05) is 48.3 Å². The minimum atomic E-state index is -0.262. The van der Waals surface area contributed by atoms with E-state index in [1.165, 1.54) is 12.8 Å². The first-order valence-electron chi connectivity index (χ1n) is 15.7. The maximum absolute atomic E-state index is 14.1. The Morgan fingerprint density at radius 1 is 1.00 bits per heavy atom. The van der Waals surface area contributed by atoms with E-state index in [0.29, 0.717) is 17.9 Å². The molecule has 0 spiro atoms. The molecule has 2 aromatic carbocycles. The molecule has 5 rings (SSSR count). The number of amides is 1. The lowest BCUT2D eigenvalue weighted by atomic mass is 9.90. The maximum atomic E-state index is 14.1. The Morgan fingerprint density at radius 3 is 2.30 bits per heavy atom. The molecular formula is C34H46N6O3. The highest BCUT2D eigenvalue weighted by Gasteiger charge is 2.31. The zero-order valence-corrected chi connectivity index (χ0v) is 26.1. The lowest BCUT2D eigenvalue weighted by Gasteiger charge is -2.36. The summed E-state index contributed by atoms with van der Waals surface area (Å²) in [5, 5.41) is 16.8. The zero-order chi connectivity index (χ0) is 30.7. The predicted molar refractivity (Wildman–Crippen MR) is 171 cm³/mol. The van der Waals surface area contributed by atoms with Gasteiger partial charge in [0.05, 0.1) is 10.6 Å². The van der Waals surface area contributed by atoms with E-state index in [0.717, 1.165) is 74.0 Å². The van der Waals surface area contributed by atoms with Crippen molar-refractivity contribution >= 4 is 17.3 Å². The van der Waals surface area contributed by atoms with Gasteiger partial charge in [-0.05, 0) is 73.4 Å². The van der Waals surface area contributed by atoms with Gasteiger partial charge in [0.15, 0.2) is 0 Å². The van der Waals surface area contributed by atoms with Crippen molar-refractivity contribution in [2.45, 2.75) is 96.2 Å². The number of aryl methyl sites for hydroxylation is 1. The summed E-state index contributed by atoms with van der Waals surface area (Å²) in [5.41, 5.74) is 11.1. The molecule has 9 nitrogen and oxygen atoms in total. The van der Waals surface area contributed by atoms with Gasteiger partial charge in [-0.25, -0.2) is 0 Å². The van der Waals surface area contributed by atoms with E-state index in [9.17, 15) is 14.9 Å². The molecule has 1 saturated carbocycles. The molecule has 2 N–H and O–H groups in total. The topological polar surface area (TPSA) is 111 Å². The molecule has 2 aliphatic rings. The maximum Gasteiger partial charge on any atom is 0.293 e. The van der Waals surface area contributed by atoms with Crippen molar-refractivity contribution in [2.24, 2.45) is 12.8 Å². The molecule has 1 aromatic heterocycles. The van der Waals surface area contributed by atoms with Gasteiger partial charge in [-0.15, -0.1) is 0 Å². The van der Waals surface area contributed by atoms with E-state index < -0.39 is 0 Å². The third kappa shape index (κ3) is 7.09. The number of nitrogens with zero attached hydrogens (tertiary/aromatic N) is 5. The number of carbonyl (C=O) groups is 1. The summed E-state index contributed by atoms with van der Waals surface area (Å²) in [6.07, 6.45) is 7.95. The van der Waals surface area contributed by atoms with Crippen LogP contribution in [0, 0.1) is 10.1 Å². The van der Waals surface area contributed by atoms with Crippen LogP contribution in [0.1, 0.15) is 93.9 Å². The molecule has 230 valence electrons. The van der Waals surface area contributed by atoms with Gasteiger partial charge in [0.25, 0.3) is 11.6 Å². The van der Waals surface area contributed by atoms with Crippen LogP contribution in [0.3, 0.4) is 0 Å². The quantitative estimate of drug-likeness (QED) is 0.247. The van der Waals surface area contributed by atoms with Crippen LogP contribution in [0.4, 0.5) is 11.4 Å². The SMILES string of the molecule is Cn1nc(C(C)(C)C)cc1C(=O)N(Cc1cccc(-c2ccc(N3CCCCCC3)c([N+](=O)[O-])c2)c1)C1CCC(N)CC1. The van der Waals surface area contributed by atoms with Crippen molar-refractivity contribution in [2.75, 3.05) is 18.0 Å². The van der Waals surface area contributed by atoms with Crippen LogP contribution in [0.25, 0.3) is 11.1 Å². The second-order valence-electron chi connectivity index (χ2n) is 13.4. The first-order chi connectivity index (χ1) is 20.5. The number of hydrogen-bond donors (Lipinski definition) is 1. The summed E-state index contributed by atoms with van der Waals surface area (Å²) in [7, 11) is 1.83. The number of carbonyl (C=O) groups excluding carboxylic acids is 1. The number of anilines is 1. The van der Waals surface area contributed by atoms with E-state index >= 15 is 0 Å². The van der Waals surface area contributed by atoms with Crippen molar-refractivity contribution in [1.82, 2.24) is 14.7 Å². The fourth-order valence-electron chi connectivity index (χ4n) is 6.44. The highest BCUT2D eigenvalue weighted by molar-refractivity contribution is 5.93. The van der Waals surface area contributed by atoms with Crippen LogP contribution in [-0.2, 0) is 19.0 Å². The largest absolute Gasteiger partial charge is 0.366 e. The van der Waals surface area contributed by atoms with Gasteiger partial charge in [0.2, 0.25) is 0 Å². The van der Waals surface area contributed by atoms with Crippen LogP contribution in [0.15, 0.2) is 48.5 Å². The zero-order valence-electron chi connectivity index (χ0n) is 26.1. The normalized spacial score (nSPS) is 19.6. The first kappa shape index (κ1) is 30.7. The third-order valence-electron chi connectivity index (χ3n) is 9.04. The second kappa shape index (κ2) is 12.9. The highest BCUT2D eigenvalue weighted by Crippen LogP contribution is 2.35. The van der Waals surface area contributed by atoms with Gasteiger partial charge in [-0.1, -0.05) is 57.9 Å². The van der Waals surface area contributed by atoms with E-state index in [1.54, 1.807) is 10.7 Å². The summed E-state index contributed by atoms with van der Waals surface area (Å²) >= 11 is 0. The minimum Gasteiger partial charge on any atom is -0.366 e. The van der Waals surface area contributed by atoms with Gasteiger partial charge in [-0.2, -0.15) is 5.10 Å². The standard InChI is InChI=1S/C34H46N6O3/c1-34(2,3)32-22-31(37(4)36-32)33(41)39(28-15-13-27(35)14-16-28)23-24-10-9-11-25(20-24)26-12-17-29(30(21-26)40(42)43)38-18-7-5-6-8-19-38/h9-12,17,20-22,27-28H,5-8,13-16,18-19,23,35H2,1-4H3. The average molecular weight is 587 g/mol. The van der Waals surface area contributed by atoms with Crippen LogP contribution >= 0.6 is 0 Å². The Kier molecular flexibility index (Phi) is 9.20. The van der Waals surface area contributed by atoms with Gasteiger partial charge >= 0.3 is 0 Å². The Bertz CT molecular complexity index is 1440. The van der Waals surface area contributed by atoms with Crippen LogP contribution in [-0.4, -0.2) is 50.7 Å². The number of nitrogens with two attached hydrogens (primary N) is 1.